The molecule has 1 aromatic carbocycles. The van der Waals surface area contributed by atoms with E-state index in [1.54, 1.807) is 17.0 Å². The third-order valence-corrected chi connectivity index (χ3v) is 3.84. The monoisotopic (exact) mass is 305 g/mol. The molecule has 0 aromatic heterocycles. The molecule has 4 nitrogen and oxygen atoms in total. The van der Waals surface area contributed by atoms with Crippen LogP contribution in [0.25, 0.3) is 0 Å². The van der Waals surface area contributed by atoms with Crippen LogP contribution in [0.2, 0.25) is 5.02 Å². The fourth-order valence-electron chi connectivity index (χ4n) is 2.37. The Kier molecular flexibility index (Phi) is 3.94. The molecule has 3 rings (SSSR count). The molecule has 1 aromatic rings. The van der Waals surface area contributed by atoms with Crippen LogP contribution in [0.4, 0.5) is 0 Å². The normalized spacial score (nSPS) is 16.8. The van der Waals surface area contributed by atoms with Crippen molar-refractivity contribution < 1.29 is 14.3 Å². The number of benzene rings is 1. The Morgan fingerprint density at radius 2 is 2.14 bits per heavy atom. The molecule has 1 heterocycles. The van der Waals surface area contributed by atoms with E-state index in [4.69, 9.17) is 27.5 Å². The highest BCUT2D eigenvalue weighted by Gasteiger charge is 2.33. The molecule has 0 spiro atoms. The lowest BCUT2D eigenvalue weighted by molar-refractivity contribution is 0.0765. The third kappa shape index (κ3) is 2.93. The van der Waals surface area contributed by atoms with Crippen LogP contribution in [0.1, 0.15) is 29.6 Å². The van der Waals surface area contributed by atoms with Gasteiger partial charge in [0.05, 0.1) is 24.8 Å². The summed E-state index contributed by atoms with van der Waals surface area (Å²) in [5.74, 6) is 3.48. The van der Waals surface area contributed by atoms with Gasteiger partial charge in [-0.25, -0.2) is 0 Å². The molecule has 0 bridgehead atoms. The number of rotatable bonds is 3. The first kappa shape index (κ1) is 14.1. The van der Waals surface area contributed by atoms with Crippen molar-refractivity contribution in [1.82, 2.24) is 4.90 Å². The number of ether oxygens (including phenoxy) is 2. The lowest BCUT2D eigenvalue weighted by Crippen LogP contribution is -2.33. The molecule has 1 saturated carbocycles. The van der Waals surface area contributed by atoms with Crippen LogP contribution in [-0.4, -0.2) is 36.6 Å². The standard InChI is InChI=1S/C16H16ClNO3/c1-2-6-18(12-4-5-12)16(19)11-9-13(17)15-14(10-11)20-7-3-8-21-15/h1,9-10,12H,3-8H2. The summed E-state index contributed by atoms with van der Waals surface area (Å²) in [5.41, 5.74) is 0.492. The zero-order chi connectivity index (χ0) is 14.8. The summed E-state index contributed by atoms with van der Waals surface area (Å²) in [6.45, 7) is 1.43. The molecule has 1 aliphatic heterocycles. The maximum Gasteiger partial charge on any atom is 0.255 e. The van der Waals surface area contributed by atoms with Gasteiger partial charge < -0.3 is 14.4 Å². The smallest absolute Gasteiger partial charge is 0.255 e. The first-order valence-corrected chi connectivity index (χ1v) is 7.42. The highest BCUT2D eigenvalue weighted by atomic mass is 35.5. The predicted octanol–water partition coefficient (Wildman–Crippen LogP) is 2.74. The lowest BCUT2D eigenvalue weighted by Gasteiger charge is -2.20. The van der Waals surface area contributed by atoms with Gasteiger partial charge in [-0.05, 0) is 25.0 Å². The van der Waals surface area contributed by atoms with Gasteiger partial charge in [-0.2, -0.15) is 0 Å². The number of terminal acetylenes is 1. The van der Waals surface area contributed by atoms with E-state index < -0.39 is 0 Å². The van der Waals surface area contributed by atoms with Gasteiger partial charge in [0.2, 0.25) is 0 Å². The van der Waals surface area contributed by atoms with Crippen molar-refractivity contribution in [2.24, 2.45) is 0 Å². The van der Waals surface area contributed by atoms with Crippen molar-refractivity contribution in [3.8, 4) is 23.8 Å². The van der Waals surface area contributed by atoms with Gasteiger partial charge in [-0.15, -0.1) is 6.42 Å². The van der Waals surface area contributed by atoms with Gasteiger partial charge in [-0.3, -0.25) is 4.79 Å². The minimum Gasteiger partial charge on any atom is -0.489 e. The molecule has 2 aliphatic rings. The molecular formula is C16H16ClNO3. The molecule has 0 N–H and O–H groups in total. The van der Waals surface area contributed by atoms with E-state index in [0.717, 1.165) is 19.3 Å². The van der Waals surface area contributed by atoms with Gasteiger partial charge in [-0.1, -0.05) is 17.5 Å². The molecule has 0 saturated heterocycles. The number of carbonyl (C=O) groups excluding carboxylic acids is 1. The van der Waals surface area contributed by atoms with Crippen LogP contribution in [0, 0.1) is 12.3 Å². The molecule has 0 unspecified atom stereocenters. The van der Waals surface area contributed by atoms with Crippen LogP contribution in [0.15, 0.2) is 12.1 Å². The molecule has 1 fully saturated rings. The lowest BCUT2D eigenvalue weighted by atomic mass is 10.1. The average molecular weight is 306 g/mol. The van der Waals surface area contributed by atoms with Crippen LogP contribution in [0.5, 0.6) is 11.5 Å². The third-order valence-electron chi connectivity index (χ3n) is 3.56. The fraction of sp³-hybridized carbons (Fsp3) is 0.438. The summed E-state index contributed by atoms with van der Waals surface area (Å²) in [6.07, 6.45) is 8.16. The number of nitrogens with zero attached hydrogens (tertiary/aromatic N) is 1. The summed E-state index contributed by atoms with van der Waals surface area (Å²) in [4.78, 5) is 14.3. The van der Waals surface area contributed by atoms with Gasteiger partial charge in [0, 0.05) is 18.0 Å². The summed E-state index contributed by atoms with van der Waals surface area (Å²) in [7, 11) is 0. The Labute approximate surface area is 129 Å². The second kappa shape index (κ2) is 5.87. The maximum atomic E-state index is 12.6. The quantitative estimate of drug-likeness (QED) is 0.806. The number of carbonyl (C=O) groups is 1. The molecule has 0 radical (unpaired) electrons. The van der Waals surface area contributed by atoms with Crippen molar-refractivity contribution in [3.63, 3.8) is 0 Å². The van der Waals surface area contributed by atoms with Crippen LogP contribution in [0.3, 0.4) is 0 Å². The Bertz CT molecular complexity index is 604. The van der Waals surface area contributed by atoms with Crippen LogP contribution < -0.4 is 9.47 Å². The number of halogens is 1. The Morgan fingerprint density at radius 1 is 1.38 bits per heavy atom. The Morgan fingerprint density at radius 3 is 2.86 bits per heavy atom. The van der Waals surface area contributed by atoms with Gasteiger partial charge in [0.1, 0.15) is 0 Å². The van der Waals surface area contributed by atoms with Crippen molar-refractivity contribution in [2.75, 3.05) is 19.8 Å². The Hall–Kier alpha value is -1.86. The number of hydrogen-bond donors (Lipinski definition) is 0. The summed E-state index contributed by atoms with van der Waals surface area (Å²) in [5, 5.41) is 0.397. The predicted molar refractivity (Wildman–Crippen MR) is 80.0 cm³/mol. The molecule has 5 heteroatoms. The molecule has 1 amide bonds. The van der Waals surface area contributed by atoms with Crippen LogP contribution >= 0.6 is 11.6 Å². The number of hydrogen-bond acceptors (Lipinski definition) is 3. The Balaban J connectivity index is 1.91. The van der Waals surface area contributed by atoms with Crippen LogP contribution in [-0.2, 0) is 0 Å². The number of amides is 1. The van der Waals surface area contributed by atoms with E-state index in [9.17, 15) is 4.79 Å². The van der Waals surface area contributed by atoms with Crippen molar-refractivity contribution in [2.45, 2.75) is 25.3 Å². The van der Waals surface area contributed by atoms with Crippen molar-refractivity contribution in [1.29, 1.82) is 0 Å². The van der Waals surface area contributed by atoms with E-state index in [1.807, 2.05) is 0 Å². The minimum absolute atomic E-state index is 0.104. The molecular weight excluding hydrogens is 290 g/mol. The first-order chi connectivity index (χ1) is 10.2. The second-order valence-corrected chi connectivity index (χ2v) is 5.61. The topological polar surface area (TPSA) is 38.8 Å². The molecule has 0 atom stereocenters. The summed E-state index contributed by atoms with van der Waals surface area (Å²) >= 11 is 6.22. The molecule has 1 aliphatic carbocycles. The number of fused-ring (bicyclic) bond motifs is 1. The second-order valence-electron chi connectivity index (χ2n) is 5.20. The first-order valence-electron chi connectivity index (χ1n) is 7.04. The van der Waals surface area contributed by atoms with Gasteiger partial charge in [0.25, 0.3) is 5.91 Å². The highest BCUT2D eigenvalue weighted by molar-refractivity contribution is 6.32. The van der Waals surface area contributed by atoms with Crippen molar-refractivity contribution in [3.05, 3.63) is 22.7 Å². The largest absolute Gasteiger partial charge is 0.489 e. The van der Waals surface area contributed by atoms with Gasteiger partial charge >= 0.3 is 0 Å². The minimum atomic E-state index is -0.104. The fourth-order valence-corrected chi connectivity index (χ4v) is 2.64. The van der Waals surface area contributed by atoms with E-state index in [2.05, 4.69) is 5.92 Å². The van der Waals surface area contributed by atoms with E-state index in [-0.39, 0.29) is 11.9 Å². The molecule has 110 valence electrons. The van der Waals surface area contributed by atoms with Crippen molar-refractivity contribution >= 4 is 17.5 Å². The van der Waals surface area contributed by atoms with E-state index in [1.165, 1.54) is 0 Å². The van der Waals surface area contributed by atoms with E-state index in [0.29, 0.717) is 41.8 Å². The SMILES string of the molecule is C#CCN(C(=O)c1cc(Cl)c2c(c1)OCCCO2)C1CC1. The van der Waals surface area contributed by atoms with E-state index >= 15 is 0 Å². The van der Waals surface area contributed by atoms with Gasteiger partial charge in [0.15, 0.2) is 11.5 Å². The molecule has 21 heavy (non-hydrogen) atoms. The summed E-state index contributed by atoms with van der Waals surface area (Å²) in [6, 6.07) is 3.58. The zero-order valence-electron chi connectivity index (χ0n) is 11.6. The maximum absolute atomic E-state index is 12.6. The zero-order valence-corrected chi connectivity index (χ0v) is 12.4. The highest BCUT2D eigenvalue weighted by Crippen LogP contribution is 2.39. The average Bonchev–Trinajstić information content (AvgIpc) is 3.30. The summed E-state index contributed by atoms with van der Waals surface area (Å²) < 4.78 is 11.2.